The van der Waals surface area contributed by atoms with Gasteiger partial charge in [0.2, 0.25) is 5.95 Å². The zero-order chi connectivity index (χ0) is 21.8. The van der Waals surface area contributed by atoms with Crippen molar-refractivity contribution in [3.63, 3.8) is 0 Å². The minimum atomic E-state index is -0.501. The zero-order valence-corrected chi connectivity index (χ0v) is 17.1. The van der Waals surface area contributed by atoms with Gasteiger partial charge in [-0.05, 0) is 24.3 Å². The van der Waals surface area contributed by atoms with E-state index in [2.05, 4.69) is 25.6 Å². The molecule has 2 aromatic carbocycles. The Morgan fingerprint density at radius 3 is 2.48 bits per heavy atom. The van der Waals surface area contributed by atoms with Gasteiger partial charge in [-0.25, -0.2) is 4.68 Å². The Morgan fingerprint density at radius 2 is 1.77 bits per heavy atom. The molecule has 1 amide bonds. The van der Waals surface area contributed by atoms with Gasteiger partial charge in [-0.1, -0.05) is 18.2 Å². The first-order valence-electron chi connectivity index (χ1n) is 9.28. The number of H-pyrrole nitrogens is 1. The van der Waals surface area contributed by atoms with Crippen molar-refractivity contribution in [3.05, 3.63) is 60.4 Å². The Morgan fingerprint density at radius 1 is 1.00 bits per heavy atom. The topological polar surface area (TPSA) is 116 Å². The molecular formula is C21H20N6O4. The van der Waals surface area contributed by atoms with Crippen molar-refractivity contribution in [2.24, 2.45) is 0 Å². The number of hydrogen-bond acceptors (Lipinski definition) is 7. The highest BCUT2D eigenvalue weighted by Crippen LogP contribution is 2.31. The number of nitrogens with one attached hydrogen (secondary N) is 2. The highest BCUT2D eigenvalue weighted by molar-refractivity contribution is 6.03. The molecule has 0 saturated carbocycles. The van der Waals surface area contributed by atoms with Crippen LogP contribution in [0.1, 0.15) is 10.5 Å². The van der Waals surface area contributed by atoms with Crippen LogP contribution in [0.3, 0.4) is 0 Å². The molecule has 0 atom stereocenters. The third kappa shape index (κ3) is 4.04. The molecule has 0 bridgehead atoms. The second-order valence-electron chi connectivity index (χ2n) is 6.35. The van der Waals surface area contributed by atoms with E-state index in [1.807, 2.05) is 30.3 Å². The smallest absolute Gasteiger partial charge is 0.282 e. The van der Waals surface area contributed by atoms with Gasteiger partial charge in [-0.15, -0.1) is 5.10 Å². The zero-order valence-electron chi connectivity index (χ0n) is 17.1. The minimum absolute atomic E-state index is 0.0918. The van der Waals surface area contributed by atoms with E-state index in [1.54, 1.807) is 43.3 Å². The summed E-state index contributed by atoms with van der Waals surface area (Å²) in [7, 11) is 4.60. The standard InChI is InChI=1S/C21H20N6O4/c1-29-14-9-10-15(16(11-14)30-2)19-22-21(25-24-19)23-20(28)18-17(31-3)12-27(26-18)13-7-5-4-6-8-13/h4-12H,1-3H3,(H2,22,23,24,25,28). The number of carbonyl (C=O) groups is 1. The average molecular weight is 420 g/mol. The summed E-state index contributed by atoms with van der Waals surface area (Å²) in [4.78, 5) is 17.1. The number of hydrogen-bond donors (Lipinski definition) is 2. The van der Waals surface area contributed by atoms with Gasteiger partial charge >= 0.3 is 0 Å². The van der Waals surface area contributed by atoms with Gasteiger partial charge in [0, 0.05) is 6.07 Å². The molecule has 10 heteroatoms. The summed E-state index contributed by atoms with van der Waals surface area (Å²) in [5, 5.41) is 13.8. The molecule has 0 fully saturated rings. The lowest BCUT2D eigenvalue weighted by Gasteiger charge is -2.07. The monoisotopic (exact) mass is 420 g/mol. The van der Waals surface area contributed by atoms with Gasteiger partial charge in [-0.2, -0.15) is 10.1 Å². The molecule has 0 aliphatic rings. The van der Waals surface area contributed by atoms with Crippen LogP contribution >= 0.6 is 0 Å². The van der Waals surface area contributed by atoms with Crippen LogP contribution in [0.2, 0.25) is 0 Å². The van der Waals surface area contributed by atoms with Crippen molar-refractivity contribution in [1.82, 2.24) is 25.0 Å². The lowest BCUT2D eigenvalue weighted by atomic mass is 10.2. The highest BCUT2D eigenvalue weighted by Gasteiger charge is 2.21. The lowest BCUT2D eigenvalue weighted by Crippen LogP contribution is -2.15. The Kier molecular flexibility index (Phi) is 5.52. The van der Waals surface area contributed by atoms with Crippen molar-refractivity contribution in [2.45, 2.75) is 0 Å². The molecule has 0 unspecified atom stereocenters. The Labute approximate surface area is 177 Å². The molecule has 0 radical (unpaired) electrons. The predicted molar refractivity (Wildman–Crippen MR) is 113 cm³/mol. The van der Waals surface area contributed by atoms with Crippen LogP contribution in [0.15, 0.2) is 54.7 Å². The molecule has 0 aliphatic heterocycles. The Bertz CT molecular complexity index is 1200. The van der Waals surface area contributed by atoms with Gasteiger partial charge in [0.05, 0.1) is 38.8 Å². The van der Waals surface area contributed by atoms with Gasteiger partial charge in [0.15, 0.2) is 17.3 Å². The van der Waals surface area contributed by atoms with Crippen LogP contribution < -0.4 is 19.5 Å². The SMILES string of the molecule is COc1ccc(-c2nc(NC(=O)c3nn(-c4ccccc4)cc3OC)n[nH]2)c(OC)c1. The molecule has 2 N–H and O–H groups in total. The second-order valence-corrected chi connectivity index (χ2v) is 6.35. The van der Waals surface area contributed by atoms with Crippen LogP contribution in [0.4, 0.5) is 5.95 Å². The molecule has 4 aromatic rings. The van der Waals surface area contributed by atoms with E-state index in [0.29, 0.717) is 28.6 Å². The maximum Gasteiger partial charge on any atom is 0.282 e. The number of anilines is 1. The van der Waals surface area contributed by atoms with Gasteiger partial charge in [0.1, 0.15) is 11.5 Å². The number of ether oxygens (including phenoxy) is 3. The number of methoxy groups -OCH3 is 3. The molecule has 0 saturated heterocycles. The lowest BCUT2D eigenvalue weighted by molar-refractivity contribution is 0.101. The van der Waals surface area contributed by atoms with E-state index in [0.717, 1.165) is 5.69 Å². The maximum absolute atomic E-state index is 12.8. The van der Waals surface area contributed by atoms with E-state index in [9.17, 15) is 4.79 Å². The van der Waals surface area contributed by atoms with Crippen LogP contribution in [-0.4, -0.2) is 52.2 Å². The summed E-state index contributed by atoms with van der Waals surface area (Å²) in [6.07, 6.45) is 1.63. The van der Waals surface area contributed by atoms with Crippen molar-refractivity contribution in [3.8, 4) is 34.3 Å². The number of nitrogens with zero attached hydrogens (tertiary/aromatic N) is 4. The van der Waals surface area contributed by atoms with Gasteiger partial charge < -0.3 is 14.2 Å². The number of amides is 1. The fourth-order valence-corrected chi connectivity index (χ4v) is 2.97. The fourth-order valence-electron chi connectivity index (χ4n) is 2.97. The van der Waals surface area contributed by atoms with Crippen molar-refractivity contribution >= 4 is 11.9 Å². The molecule has 31 heavy (non-hydrogen) atoms. The average Bonchev–Trinajstić information content (AvgIpc) is 3.46. The molecule has 2 aromatic heterocycles. The number of aromatic nitrogens is 5. The van der Waals surface area contributed by atoms with E-state index in [1.165, 1.54) is 7.11 Å². The molecule has 0 spiro atoms. The third-order valence-corrected chi connectivity index (χ3v) is 4.51. The Hall–Kier alpha value is -4.34. The second kappa shape index (κ2) is 8.57. The first-order chi connectivity index (χ1) is 15.1. The number of aromatic amines is 1. The number of benzene rings is 2. The van der Waals surface area contributed by atoms with Gasteiger partial charge in [0.25, 0.3) is 5.91 Å². The first kappa shape index (κ1) is 20.0. The van der Waals surface area contributed by atoms with Crippen molar-refractivity contribution in [2.75, 3.05) is 26.6 Å². The molecule has 4 rings (SSSR count). The largest absolute Gasteiger partial charge is 0.497 e. The van der Waals surface area contributed by atoms with E-state index < -0.39 is 5.91 Å². The Balaban J connectivity index is 1.57. The third-order valence-electron chi connectivity index (χ3n) is 4.51. The predicted octanol–water partition coefficient (Wildman–Crippen LogP) is 2.94. The van der Waals surface area contributed by atoms with Crippen LogP contribution in [0, 0.1) is 0 Å². The molecular weight excluding hydrogens is 400 g/mol. The van der Waals surface area contributed by atoms with Crippen molar-refractivity contribution in [1.29, 1.82) is 0 Å². The van der Waals surface area contributed by atoms with Crippen LogP contribution in [0.25, 0.3) is 17.1 Å². The molecule has 0 aliphatic carbocycles. The summed E-state index contributed by atoms with van der Waals surface area (Å²) in [5.74, 6) is 1.55. The van der Waals surface area contributed by atoms with Crippen LogP contribution in [-0.2, 0) is 0 Å². The summed E-state index contributed by atoms with van der Waals surface area (Å²) in [6, 6.07) is 14.7. The number of para-hydroxylation sites is 1. The van der Waals surface area contributed by atoms with Crippen LogP contribution in [0.5, 0.6) is 17.2 Å². The normalized spacial score (nSPS) is 10.5. The summed E-state index contributed by atoms with van der Waals surface area (Å²) in [5.41, 5.74) is 1.58. The van der Waals surface area contributed by atoms with E-state index in [-0.39, 0.29) is 11.6 Å². The first-order valence-corrected chi connectivity index (χ1v) is 9.28. The number of carbonyl (C=O) groups excluding carboxylic acids is 1. The number of rotatable bonds is 7. The summed E-state index contributed by atoms with van der Waals surface area (Å²) < 4.78 is 17.5. The molecule has 10 nitrogen and oxygen atoms in total. The molecule has 158 valence electrons. The minimum Gasteiger partial charge on any atom is -0.497 e. The van der Waals surface area contributed by atoms with Gasteiger partial charge in [-0.3, -0.25) is 15.2 Å². The summed E-state index contributed by atoms with van der Waals surface area (Å²) in [6.45, 7) is 0. The highest BCUT2D eigenvalue weighted by atomic mass is 16.5. The fraction of sp³-hybridized carbons (Fsp3) is 0.143. The maximum atomic E-state index is 12.8. The quantitative estimate of drug-likeness (QED) is 0.472. The molecule has 2 heterocycles. The van der Waals surface area contributed by atoms with E-state index >= 15 is 0 Å². The van der Waals surface area contributed by atoms with Crippen molar-refractivity contribution < 1.29 is 19.0 Å². The summed E-state index contributed by atoms with van der Waals surface area (Å²) >= 11 is 0. The van der Waals surface area contributed by atoms with E-state index in [4.69, 9.17) is 14.2 Å².